The summed E-state index contributed by atoms with van der Waals surface area (Å²) in [5, 5.41) is 22.4. The first-order chi connectivity index (χ1) is 33.9. The van der Waals surface area contributed by atoms with Gasteiger partial charge in [-0.2, -0.15) is 0 Å². The molecule has 0 aliphatic carbocycles. The fourth-order valence-electron chi connectivity index (χ4n) is 9.12. The van der Waals surface area contributed by atoms with Gasteiger partial charge in [0.2, 0.25) is 0 Å². The molecule has 0 radical (unpaired) electrons. The molecule has 0 atom stereocenters. The molecule has 0 bridgehead atoms. The monoisotopic (exact) mass is 1120 g/mol. The van der Waals surface area contributed by atoms with Crippen LogP contribution in [0, 0.1) is 0 Å². The normalized spacial score (nSPS) is 13.7. The van der Waals surface area contributed by atoms with Crippen LogP contribution in [0.25, 0.3) is 0 Å². The third-order valence-corrected chi connectivity index (χ3v) is 18.1. The summed E-state index contributed by atoms with van der Waals surface area (Å²) >= 11 is 7.57. The highest BCUT2D eigenvalue weighted by Gasteiger charge is 2.35. The molecule has 0 aliphatic rings. The second-order valence-electron chi connectivity index (χ2n) is 30.3. The molecule has 0 saturated heterocycles. The Balaban J connectivity index is 0.000000401. The molecule has 4 nitrogen and oxygen atoms in total. The van der Waals surface area contributed by atoms with Crippen molar-refractivity contribution < 1.29 is 19.7 Å². The van der Waals surface area contributed by atoms with E-state index in [4.69, 9.17) is 9.47 Å². The Hall–Kier alpha value is -2.52. The maximum atomic E-state index is 11.2. The second-order valence-corrected chi connectivity index (χ2v) is 37.6. The summed E-state index contributed by atoms with van der Waals surface area (Å²) in [4.78, 5) is 4.94. The molecule has 428 valence electrons. The average molecular weight is 1120 g/mol. The van der Waals surface area contributed by atoms with Crippen LogP contribution < -0.4 is 9.47 Å². The number of aromatic hydroxyl groups is 2. The van der Waals surface area contributed by atoms with Crippen LogP contribution in [-0.4, -0.2) is 31.6 Å². The summed E-state index contributed by atoms with van der Waals surface area (Å²) in [6.45, 7) is 68.3. The van der Waals surface area contributed by atoms with E-state index in [0.717, 1.165) is 53.2 Å². The van der Waals surface area contributed by atoms with Crippen LogP contribution in [0.4, 0.5) is 0 Å². The Morgan fingerprint density at radius 3 is 0.697 bits per heavy atom. The first-order valence-electron chi connectivity index (χ1n) is 28.1. The number of hydrogen-bond acceptors (Lipinski definition) is 8. The molecule has 76 heavy (non-hydrogen) atoms. The number of phenols is 2. The molecular weight excluding hydrogens is 1010 g/mol. The van der Waals surface area contributed by atoms with Crippen LogP contribution in [0.3, 0.4) is 0 Å². The fraction of sp³-hybridized carbons (Fsp3) is 0.647. The molecule has 0 aliphatic heterocycles. The van der Waals surface area contributed by atoms with E-state index in [-0.39, 0.29) is 51.5 Å². The molecule has 4 rings (SSSR count). The maximum absolute atomic E-state index is 11.2. The van der Waals surface area contributed by atoms with E-state index < -0.39 is 0 Å². The summed E-state index contributed by atoms with van der Waals surface area (Å²) in [7, 11) is 0. The van der Waals surface area contributed by atoms with Gasteiger partial charge >= 0.3 is 0 Å². The first-order valence-corrected chi connectivity index (χ1v) is 31.4. The van der Waals surface area contributed by atoms with Crippen LogP contribution in [0.15, 0.2) is 68.1 Å². The molecule has 0 spiro atoms. The van der Waals surface area contributed by atoms with Gasteiger partial charge in [-0.25, -0.2) is 0 Å². The van der Waals surface area contributed by atoms with Crippen LogP contribution >= 0.6 is 47.0 Å². The van der Waals surface area contributed by atoms with Crippen molar-refractivity contribution in [3.05, 3.63) is 93.0 Å². The van der Waals surface area contributed by atoms with E-state index in [1.54, 1.807) is 0 Å². The van der Waals surface area contributed by atoms with Gasteiger partial charge in [-0.3, -0.25) is 0 Å². The largest absolute Gasteiger partial charge is 0.507 e. The quantitative estimate of drug-likeness (QED) is 0.0736. The lowest BCUT2D eigenvalue weighted by Crippen LogP contribution is -2.21. The van der Waals surface area contributed by atoms with Gasteiger partial charge in [-0.05, 0) is 133 Å². The van der Waals surface area contributed by atoms with Crippen molar-refractivity contribution in [3.63, 3.8) is 0 Å². The van der Waals surface area contributed by atoms with Gasteiger partial charge in [0.25, 0.3) is 0 Å². The maximum Gasteiger partial charge on any atom is 0.126 e. The van der Waals surface area contributed by atoms with Gasteiger partial charge in [0.15, 0.2) is 0 Å². The molecule has 0 unspecified atom stereocenters. The lowest BCUT2D eigenvalue weighted by Gasteiger charge is -2.32. The predicted molar refractivity (Wildman–Crippen MR) is 342 cm³/mol. The third-order valence-electron chi connectivity index (χ3n) is 13.2. The Morgan fingerprint density at radius 2 is 0.513 bits per heavy atom. The van der Waals surface area contributed by atoms with Crippen molar-refractivity contribution in [3.8, 4) is 23.0 Å². The van der Waals surface area contributed by atoms with Crippen molar-refractivity contribution in [2.75, 3.05) is 13.2 Å². The van der Waals surface area contributed by atoms with Crippen molar-refractivity contribution >= 4 is 47.0 Å². The van der Waals surface area contributed by atoms with Gasteiger partial charge in [0.1, 0.15) is 23.0 Å². The fourth-order valence-corrected chi connectivity index (χ4v) is 14.3. The molecule has 0 heterocycles. The average Bonchev–Trinajstić information content (AvgIpc) is 3.19. The minimum absolute atomic E-state index is 0.0292. The topological polar surface area (TPSA) is 58.9 Å². The summed E-state index contributed by atoms with van der Waals surface area (Å²) in [6.07, 6.45) is 2.19. The van der Waals surface area contributed by atoms with E-state index >= 15 is 0 Å². The van der Waals surface area contributed by atoms with Crippen molar-refractivity contribution in [2.24, 2.45) is 0 Å². The van der Waals surface area contributed by atoms with Crippen LogP contribution in [0.2, 0.25) is 0 Å². The van der Waals surface area contributed by atoms with E-state index in [2.05, 4.69) is 256 Å². The van der Waals surface area contributed by atoms with Crippen molar-refractivity contribution in [1.29, 1.82) is 0 Å². The van der Waals surface area contributed by atoms with E-state index in [1.807, 2.05) is 47.0 Å². The third kappa shape index (κ3) is 18.8. The Labute approximate surface area is 484 Å². The number of benzene rings is 4. The standard InChI is InChI=1S/C35H56O2S2.C33H52O2S2/c1-16-17-18-37-30-27(33(8,9)10)21-24(22-28(30)34(11,12)13)39-35(14,15)38-23-19-25(31(2,3)4)29(36)26(20-23)32(5,6)7;1-16-35-28-25(31(8,9)10)19-22(20-26(28)32(11,12)13)37-33(14,15)36-21-17-23(29(2,3)4)27(34)24(18-21)30(5,6)7/h19-22,36H,16-18H2,1-15H3;17-20,34H,16H2,1-15H3. The van der Waals surface area contributed by atoms with E-state index in [0.29, 0.717) is 18.1 Å². The molecule has 4 aromatic rings. The highest BCUT2D eigenvalue weighted by Crippen LogP contribution is 2.53. The molecule has 8 heteroatoms. The van der Waals surface area contributed by atoms with Crippen LogP contribution in [0.5, 0.6) is 23.0 Å². The molecule has 0 saturated carbocycles. The molecule has 0 fully saturated rings. The van der Waals surface area contributed by atoms with Crippen LogP contribution in [-0.2, 0) is 43.3 Å². The first kappa shape index (κ1) is 67.8. The van der Waals surface area contributed by atoms with Gasteiger partial charge in [0.05, 0.1) is 21.4 Å². The highest BCUT2D eigenvalue weighted by molar-refractivity contribution is 8.18. The lowest BCUT2D eigenvalue weighted by molar-refractivity contribution is 0.292. The highest BCUT2D eigenvalue weighted by atomic mass is 32.2. The van der Waals surface area contributed by atoms with Crippen molar-refractivity contribution in [1.82, 2.24) is 0 Å². The van der Waals surface area contributed by atoms with Gasteiger partial charge in [0, 0.05) is 64.1 Å². The SMILES string of the molecule is CCCCOc1c(C(C)(C)C)cc(SC(C)(C)Sc2cc(C(C)(C)C)c(O)c(C(C)(C)C)c2)cc1C(C)(C)C.CCOc1c(C(C)(C)C)cc(SC(C)(C)Sc2cc(C(C)(C)C)c(O)c(C(C)(C)C)c2)cc1C(C)(C)C. The van der Waals surface area contributed by atoms with Gasteiger partial charge in [-0.1, -0.05) is 180 Å². The zero-order chi connectivity index (χ0) is 59.0. The van der Waals surface area contributed by atoms with E-state index in [1.165, 1.54) is 41.8 Å². The molecular formula is C68H108O4S4. The minimum atomic E-state index is -0.144. The number of ether oxygens (including phenoxy) is 2. The molecule has 4 aromatic carbocycles. The lowest BCUT2D eigenvalue weighted by atomic mass is 9.79. The Bertz CT molecular complexity index is 2460. The second kappa shape index (κ2) is 24.3. The van der Waals surface area contributed by atoms with Gasteiger partial charge < -0.3 is 19.7 Å². The molecule has 2 N–H and O–H groups in total. The van der Waals surface area contributed by atoms with Gasteiger partial charge in [-0.15, -0.1) is 47.0 Å². The summed E-state index contributed by atoms with van der Waals surface area (Å²) in [5.74, 6) is 2.99. The smallest absolute Gasteiger partial charge is 0.126 e. The summed E-state index contributed by atoms with van der Waals surface area (Å²) in [6, 6.07) is 18.2. The summed E-state index contributed by atoms with van der Waals surface area (Å²) in [5.41, 5.74) is 8.43. The zero-order valence-electron chi connectivity index (χ0n) is 53.8. The predicted octanol–water partition coefficient (Wildman–Crippen LogP) is 22.0. The van der Waals surface area contributed by atoms with E-state index in [9.17, 15) is 10.2 Å². The molecule has 0 aromatic heterocycles. The molecule has 0 amide bonds. The Kier molecular flexibility index (Phi) is 21.7. The van der Waals surface area contributed by atoms with Crippen LogP contribution in [0.1, 0.15) is 265 Å². The Morgan fingerprint density at radius 1 is 0.316 bits per heavy atom. The minimum Gasteiger partial charge on any atom is -0.507 e. The number of thioether (sulfide) groups is 4. The number of unbranched alkanes of at least 4 members (excludes halogenated alkanes) is 1. The number of hydrogen-bond donors (Lipinski definition) is 2. The number of rotatable bonds is 14. The van der Waals surface area contributed by atoms with Crippen molar-refractivity contribution in [2.45, 2.75) is 292 Å². The number of phenolic OH excluding ortho intramolecular Hbond substituents is 2. The zero-order valence-corrected chi connectivity index (χ0v) is 57.1. The summed E-state index contributed by atoms with van der Waals surface area (Å²) < 4.78 is 12.5.